The molecular weight excluding hydrogens is 3500 g/mol. The summed E-state index contributed by atoms with van der Waals surface area (Å²) in [6.45, 7) is 0. The second-order valence-electron chi connectivity index (χ2n) is 1.41. The quantitative estimate of drug-likeness (QED) is 0.220. The fourth-order valence-corrected chi connectivity index (χ4v) is 0.250. The average Bonchev–Trinajstić information content (AvgIpc) is 0.722. The van der Waals surface area contributed by atoms with Gasteiger partial charge in [-0.2, -0.15) is 0 Å². The van der Waals surface area contributed by atoms with Crippen molar-refractivity contribution < 1.29 is 514 Å². The first-order chi connectivity index (χ1) is 2.00. The number of hydrogen-bond acceptors (Lipinski definition) is 0. The Morgan fingerprint density at radius 2 is 0.194 bits per heavy atom. The predicted molar refractivity (Wildman–Crippen MR) is 178 cm³/mol. The molecule has 27 heteroatoms. The molecule has 31 heavy (non-hydrogen) atoms. The summed E-state index contributed by atoms with van der Waals surface area (Å²) in [4.78, 5) is 0. The Balaban J connectivity index is -0.0000000000216. The summed E-state index contributed by atoms with van der Waals surface area (Å²) in [7, 11) is 0. The molecule has 1 aliphatic rings. The van der Waals surface area contributed by atoms with E-state index in [-0.39, 0.29) is 514 Å². The van der Waals surface area contributed by atoms with Crippen LogP contribution >= 0.6 is 0 Å². The van der Waals surface area contributed by atoms with Crippen LogP contribution in [0, 0.1) is 0 Å². The topological polar surface area (TPSA) is 284 Å². The van der Waals surface area contributed by atoms with Crippen molar-refractivity contribution in [3.63, 3.8) is 0 Å². The zero-order valence-corrected chi connectivity index (χ0v) is 67.5. The second-order valence-corrected chi connectivity index (χ2v) is 1.41. The minimum absolute atomic E-state index is 0. The first-order valence-corrected chi connectivity index (χ1v) is 2.00. The van der Waals surface area contributed by atoms with Gasteiger partial charge in [-0.25, -0.2) is 0 Å². The predicted octanol–water partition coefficient (Wildman–Crippen LogP) is 8.85. The summed E-state index contributed by atoms with van der Waals surface area (Å²) >= 11 is 0. The smallest absolute Gasteiger partial charge is 0 e. The van der Waals surface area contributed by atoms with Crippen LogP contribution in [0.1, 0.15) is 111 Å². The first-order valence-electron chi connectivity index (χ1n) is 2.00. The molecule has 0 heterocycles. The van der Waals surface area contributed by atoms with Gasteiger partial charge in [0, 0.05) is 465 Å². The van der Waals surface area contributed by atoms with Crippen LogP contribution in [0.3, 0.4) is 0 Å². The summed E-state index contributed by atoms with van der Waals surface area (Å²) < 4.78 is 0. The Bertz CT molecular complexity index is 134. The van der Waals surface area contributed by atoms with E-state index in [2.05, 4.69) is 0 Å². The minimum atomic E-state index is 0. The molecule has 1 saturated carbocycles. The molecule has 9 nitrogen and oxygen atoms in total. The maximum atomic E-state index is 1.50. The number of rotatable bonds is 0. The molecule has 0 aliphatic heterocycles. The summed E-state index contributed by atoms with van der Waals surface area (Å²) in [5, 5.41) is 0. The van der Waals surface area contributed by atoms with Gasteiger partial charge in [0.05, 0.1) is 0 Å². The van der Waals surface area contributed by atoms with Crippen LogP contribution in [0.15, 0.2) is 0 Å². The van der Waals surface area contributed by atoms with Crippen LogP contribution in [-0.2, 0) is 379 Å². The molecule has 0 radical (unpaired) electrons. The van der Waals surface area contributed by atoms with Gasteiger partial charge < -0.3 is 49.3 Å². The first kappa shape index (κ1) is 296. The molecule has 1 aliphatic carbocycles. The zero-order valence-electron chi connectivity index (χ0n) is 14.7. The molecule has 1 fully saturated rings. The standard InChI is InChI=1S/C4H8.9H2O.18W.60H2/c1-2-4-3-1;;;;;;;;;;;;;;;;;;;;;;;;;;;;;;;;;;;;;;;;;;;;;;;;;;;;;;;;;;;;;;;;;;;;;;;;;;;;;;;;;;;;;;;/h1-4H2;9*1H2;;;;;;;;;;;;;;;;;;;60*1H/i;;;;;;;;;;;;;;;;;;;;;;;;;;;;60*1+2. The van der Waals surface area contributed by atoms with Crippen molar-refractivity contribution in [2.75, 3.05) is 0 Å². The van der Waals surface area contributed by atoms with Gasteiger partial charge in [0.15, 0.2) is 0 Å². The Labute approximate surface area is 532 Å². The summed E-state index contributed by atoms with van der Waals surface area (Å²) in [6.07, 6.45) is 6.00. The molecule has 0 aromatic rings. The molecule has 0 bridgehead atoms. The normalized spacial score (nSPS) is 3.10. The van der Waals surface area contributed by atoms with E-state index in [0.717, 1.165) is 0 Å². The minimum Gasteiger partial charge on any atom is -0.412 e. The molecular formula is C4H146O9W18. The van der Waals surface area contributed by atoms with Crippen LogP contribution < -0.4 is 0 Å². The fraction of sp³-hybridized carbons (Fsp3) is 1.00. The maximum Gasteiger partial charge on any atom is 0 e. The summed E-state index contributed by atoms with van der Waals surface area (Å²) in [5.74, 6) is 0. The third kappa shape index (κ3) is 262. The Morgan fingerprint density at radius 3 is 0.194 bits per heavy atom. The van der Waals surface area contributed by atoms with Gasteiger partial charge in [-0.05, 0) is 0 Å². The molecule has 0 unspecified atom stereocenters. The largest absolute Gasteiger partial charge is 0.412 e. The van der Waals surface area contributed by atoms with Crippen LogP contribution in [-0.4, -0.2) is 49.3 Å². The molecule has 0 aromatic heterocycles. The van der Waals surface area contributed by atoms with E-state index >= 15 is 0 Å². The molecule has 1 rings (SSSR count). The van der Waals surface area contributed by atoms with E-state index in [1.807, 2.05) is 0 Å². The van der Waals surface area contributed by atoms with Gasteiger partial charge in [-0.3, -0.25) is 0 Å². The van der Waals surface area contributed by atoms with Gasteiger partial charge in [-0.15, -0.1) is 0 Å². The third-order valence-electron chi connectivity index (χ3n) is 1.000. The fourth-order valence-electron chi connectivity index (χ4n) is 0.250. The van der Waals surface area contributed by atoms with Crippen LogP contribution in [0.4, 0.5) is 0 Å². The Hall–Kier alpha value is 12.0. The zero-order chi connectivity index (χ0) is 2.83. The van der Waals surface area contributed by atoms with Gasteiger partial charge in [0.25, 0.3) is 0 Å². The summed E-state index contributed by atoms with van der Waals surface area (Å²) in [5.41, 5.74) is 0. The monoisotopic (exact) mass is 3770 g/mol. The van der Waals surface area contributed by atoms with Crippen molar-refractivity contribution in [3.05, 3.63) is 0 Å². The molecule has 324 valence electrons. The van der Waals surface area contributed by atoms with Crippen LogP contribution in [0.25, 0.3) is 0 Å². The van der Waals surface area contributed by atoms with Crippen LogP contribution in [0.5, 0.6) is 0 Å². The molecule has 0 spiro atoms. The van der Waals surface area contributed by atoms with E-state index in [9.17, 15) is 0 Å². The molecule has 0 atom stereocenters. The van der Waals surface area contributed by atoms with Gasteiger partial charge in [0.1, 0.15) is 0 Å². The molecule has 0 amide bonds. The van der Waals surface area contributed by atoms with Crippen molar-refractivity contribution in [1.29, 1.82) is 0 Å². The van der Waals surface area contributed by atoms with Crippen molar-refractivity contribution in [1.82, 2.24) is 0 Å². The second kappa shape index (κ2) is 275. The van der Waals surface area contributed by atoms with E-state index in [4.69, 9.17) is 0 Å². The number of hydrogen-bond donors (Lipinski definition) is 0. The molecule has 0 saturated heterocycles. The van der Waals surface area contributed by atoms with Gasteiger partial charge >= 0.3 is 0 Å². The van der Waals surface area contributed by atoms with Gasteiger partial charge in [0.2, 0.25) is 0 Å². The van der Waals surface area contributed by atoms with Gasteiger partial charge in [-0.1, -0.05) is 25.7 Å². The van der Waals surface area contributed by atoms with Crippen LogP contribution in [0.2, 0.25) is 0 Å². The van der Waals surface area contributed by atoms with E-state index < -0.39 is 0 Å². The van der Waals surface area contributed by atoms with Crippen molar-refractivity contribution in [3.8, 4) is 0 Å². The SMILES string of the molecule is C1CCC1.O.O.O.O.O.O.O.O.O.[3HH].[3HH].[3HH].[3HH].[3HH].[3HH].[3HH].[3HH].[3HH].[3HH].[3HH].[3HH].[3HH].[3HH].[3HH].[3HH].[3HH].[3HH].[3HH].[3HH].[3HH].[3HH].[3HH].[3HH].[3HH].[3HH].[3HH].[3HH].[3HH].[3HH].[3HH].[3HH].[3HH].[3HH].[3HH].[3HH].[3HH].[3HH].[3HH].[3HH].[3HH].[3HH].[3HH].[3HH].[3HH].[3HH].[3HH].[3HH].[3HH].[3HH].[3HH].[3HH].[3HH].[3HH].[3HH].[3HH].[3HH].[3HH].[3HH].[3HH].[W].[W].[W].[W].[W].[W].[W].[W].[W].[W].[W].[W].[W].[W].[W].[W].[W].[W]. The van der Waals surface area contributed by atoms with E-state index in [1.165, 1.54) is 25.7 Å². The average molecular weight is 3770 g/mol. The third-order valence-corrected chi connectivity index (χ3v) is 1.000. The molecule has 0 aromatic carbocycles. The van der Waals surface area contributed by atoms with Crippen molar-refractivity contribution in [2.45, 2.75) is 25.7 Å². The van der Waals surface area contributed by atoms with E-state index in [0.29, 0.717) is 0 Å². The molecule has 18 N–H and O–H groups in total. The maximum absolute atomic E-state index is 1.50. The van der Waals surface area contributed by atoms with Crippen molar-refractivity contribution in [2.24, 2.45) is 0 Å². The van der Waals surface area contributed by atoms with E-state index in [1.54, 1.807) is 0 Å². The summed E-state index contributed by atoms with van der Waals surface area (Å²) in [6, 6.07) is 0. The van der Waals surface area contributed by atoms with Crippen molar-refractivity contribution >= 4 is 0 Å². The Kier molecular flexibility index (Phi) is 2630. The Morgan fingerprint density at radius 1 is 0.161 bits per heavy atom.